The summed E-state index contributed by atoms with van der Waals surface area (Å²) in [4.78, 5) is 27.4. The molecule has 2 aliphatic heterocycles. The maximum absolute atomic E-state index is 13.9. The third kappa shape index (κ3) is 4.92. The van der Waals surface area contributed by atoms with Crippen LogP contribution in [0.1, 0.15) is 36.0 Å². The molecule has 0 spiro atoms. The number of amides is 1. The fourth-order valence-electron chi connectivity index (χ4n) is 4.26. The highest BCUT2D eigenvalue weighted by molar-refractivity contribution is 5.98. The van der Waals surface area contributed by atoms with Gasteiger partial charge in [-0.25, -0.2) is 13.2 Å². The Balaban J connectivity index is 0.00000300. The molecule has 1 N–H and O–H groups in total. The summed E-state index contributed by atoms with van der Waals surface area (Å²) in [5.74, 6) is -4.68. The second-order valence-corrected chi connectivity index (χ2v) is 7.64. The van der Waals surface area contributed by atoms with E-state index in [0.29, 0.717) is 57.5 Å². The van der Waals surface area contributed by atoms with Crippen molar-refractivity contribution in [2.24, 2.45) is 11.3 Å². The van der Waals surface area contributed by atoms with Crippen LogP contribution in [0.3, 0.4) is 0 Å². The van der Waals surface area contributed by atoms with E-state index < -0.39 is 40.1 Å². The molecule has 5 nitrogen and oxygen atoms in total. The number of carbonyl (C=O) groups is 2. The minimum atomic E-state index is -1.19. The number of Topliss-reactive ketones (excluding diaryl/α,β-unsaturated/α-hetero) is 1. The third-order valence-corrected chi connectivity index (χ3v) is 5.84. The van der Waals surface area contributed by atoms with Crippen LogP contribution >= 0.6 is 12.4 Å². The van der Waals surface area contributed by atoms with Gasteiger partial charge < -0.3 is 15.0 Å². The van der Waals surface area contributed by atoms with E-state index in [-0.39, 0.29) is 18.3 Å². The minimum absolute atomic E-state index is 0. The first-order valence-corrected chi connectivity index (χ1v) is 9.56. The fourth-order valence-corrected chi connectivity index (χ4v) is 4.26. The van der Waals surface area contributed by atoms with E-state index in [4.69, 9.17) is 4.74 Å². The molecule has 0 aliphatic carbocycles. The number of rotatable bonds is 5. The van der Waals surface area contributed by atoms with E-state index in [1.165, 1.54) is 0 Å². The average Bonchev–Trinajstić information content (AvgIpc) is 2.67. The van der Waals surface area contributed by atoms with Gasteiger partial charge in [0.1, 0.15) is 17.5 Å². The summed E-state index contributed by atoms with van der Waals surface area (Å²) in [5, 5.41) is 3.24. The third-order valence-electron chi connectivity index (χ3n) is 5.84. The molecule has 0 saturated carbocycles. The molecule has 2 fully saturated rings. The maximum atomic E-state index is 13.9. The number of nitrogens with one attached hydrogen (secondary N) is 1. The Morgan fingerprint density at radius 3 is 2.21 bits per heavy atom. The number of halogens is 4. The van der Waals surface area contributed by atoms with Crippen molar-refractivity contribution in [2.75, 3.05) is 39.9 Å². The van der Waals surface area contributed by atoms with Gasteiger partial charge in [-0.1, -0.05) is 0 Å². The molecule has 0 radical (unpaired) electrons. The number of methoxy groups -OCH3 is 1. The Morgan fingerprint density at radius 1 is 1.14 bits per heavy atom. The molecule has 1 aromatic rings. The number of piperidine rings is 2. The number of benzene rings is 1. The van der Waals surface area contributed by atoms with Crippen LogP contribution in [0.2, 0.25) is 0 Å². The molecule has 1 aromatic carbocycles. The van der Waals surface area contributed by atoms with E-state index in [1.54, 1.807) is 12.0 Å². The molecule has 9 heteroatoms. The van der Waals surface area contributed by atoms with Gasteiger partial charge in [-0.05, 0) is 38.8 Å². The monoisotopic (exact) mass is 434 g/mol. The number of hydrogen-bond donors (Lipinski definition) is 1. The van der Waals surface area contributed by atoms with Gasteiger partial charge in [-0.3, -0.25) is 9.59 Å². The second kappa shape index (κ2) is 9.91. The van der Waals surface area contributed by atoms with Crippen LogP contribution in [0.4, 0.5) is 13.2 Å². The normalized spacial score (nSPS) is 19.5. The van der Waals surface area contributed by atoms with E-state index in [1.807, 2.05) is 0 Å². The first-order valence-electron chi connectivity index (χ1n) is 9.56. The van der Waals surface area contributed by atoms with Crippen molar-refractivity contribution in [3.8, 4) is 0 Å². The molecule has 0 aromatic heterocycles. The van der Waals surface area contributed by atoms with Gasteiger partial charge >= 0.3 is 0 Å². The first kappa shape index (κ1) is 23.6. The van der Waals surface area contributed by atoms with Crippen LogP contribution in [0.15, 0.2) is 12.1 Å². The molecule has 162 valence electrons. The Morgan fingerprint density at radius 2 is 1.69 bits per heavy atom. The van der Waals surface area contributed by atoms with E-state index >= 15 is 0 Å². The van der Waals surface area contributed by atoms with Crippen molar-refractivity contribution >= 4 is 24.1 Å². The van der Waals surface area contributed by atoms with Crippen molar-refractivity contribution in [2.45, 2.75) is 25.7 Å². The van der Waals surface area contributed by atoms with Gasteiger partial charge in [0.25, 0.3) is 0 Å². The Kier molecular flexibility index (Phi) is 8.08. The number of ether oxygens (including phenoxy) is 1. The summed E-state index contributed by atoms with van der Waals surface area (Å²) in [6.07, 6.45) is 2.01. The summed E-state index contributed by atoms with van der Waals surface area (Å²) in [7, 11) is 1.58. The summed E-state index contributed by atoms with van der Waals surface area (Å²) >= 11 is 0. The molecular weight excluding hydrogens is 409 g/mol. The van der Waals surface area contributed by atoms with E-state index in [9.17, 15) is 22.8 Å². The summed E-state index contributed by atoms with van der Waals surface area (Å²) in [6.45, 7) is 2.52. The number of hydrogen-bond acceptors (Lipinski definition) is 4. The lowest BCUT2D eigenvalue weighted by atomic mass is 9.77. The molecule has 29 heavy (non-hydrogen) atoms. The molecule has 2 heterocycles. The largest absolute Gasteiger partial charge is 0.384 e. The first-order chi connectivity index (χ1) is 13.4. The second-order valence-electron chi connectivity index (χ2n) is 7.64. The predicted octanol–water partition coefficient (Wildman–Crippen LogP) is 2.96. The standard InChI is InChI=1S/C20H25F3N2O3.ClH/c1-28-12-20(4-6-24-7-5-20)19(27)25-8-2-13(3-9-25)18(26)17-15(22)10-14(21)11-16(17)23;/h10-11,13,24H,2-9,12H2,1H3;1H. The van der Waals surface area contributed by atoms with Gasteiger partial charge in [0.15, 0.2) is 5.78 Å². The van der Waals surface area contributed by atoms with Crippen molar-refractivity contribution in [1.82, 2.24) is 10.2 Å². The number of nitrogens with zero attached hydrogens (tertiary/aromatic N) is 1. The van der Waals surface area contributed by atoms with Gasteiger partial charge in [-0.15, -0.1) is 12.4 Å². The molecule has 1 amide bonds. The summed E-state index contributed by atoms with van der Waals surface area (Å²) in [5.41, 5.74) is -1.26. The average molecular weight is 435 g/mol. The van der Waals surface area contributed by atoms with Gasteiger partial charge in [-0.2, -0.15) is 0 Å². The SMILES string of the molecule is COCC1(C(=O)N2CCC(C(=O)c3c(F)cc(F)cc3F)CC2)CCNCC1.Cl. The zero-order valence-electron chi connectivity index (χ0n) is 16.3. The van der Waals surface area contributed by atoms with Crippen LogP contribution in [0.5, 0.6) is 0 Å². The van der Waals surface area contributed by atoms with Crippen LogP contribution in [-0.2, 0) is 9.53 Å². The summed E-state index contributed by atoms with van der Waals surface area (Å²) in [6, 6.07) is 1.03. The van der Waals surface area contributed by atoms with Gasteiger partial charge in [0.05, 0.1) is 17.6 Å². The molecule has 2 saturated heterocycles. The van der Waals surface area contributed by atoms with Crippen LogP contribution in [-0.4, -0.2) is 56.5 Å². The van der Waals surface area contributed by atoms with Crippen LogP contribution in [0, 0.1) is 28.8 Å². The van der Waals surface area contributed by atoms with Crippen molar-refractivity contribution in [3.05, 3.63) is 35.1 Å². The highest BCUT2D eigenvalue weighted by atomic mass is 35.5. The topological polar surface area (TPSA) is 58.6 Å². The van der Waals surface area contributed by atoms with Crippen LogP contribution in [0.25, 0.3) is 0 Å². The van der Waals surface area contributed by atoms with Gasteiger partial charge in [0.2, 0.25) is 5.91 Å². The highest BCUT2D eigenvalue weighted by Gasteiger charge is 2.43. The lowest BCUT2D eigenvalue weighted by molar-refractivity contribution is -0.148. The number of ketones is 1. The Labute approximate surface area is 174 Å². The molecule has 3 rings (SSSR count). The molecule has 0 bridgehead atoms. The summed E-state index contributed by atoms with van der Waals surface area (Å²) < 4.78 is 46.2. The lowest BCUT2D eigenvalue weighted by Gasteiger charge is -2.41. The minimum Gasteiger partial charge on any atom is -0.384 e. The maximum Gasteiger partial charge on any atom is 0.231 e. The fraction of sp³-hybridized carbons (Fsp3) is 0.600. The predicted molar refractivity (Wildman–Crippen MR) is 104 cm³/mol. The van der Waals surface area contributed by atoms with E-state index in [0.717, 1.165) is 13.1 Å². The quantitative estimate of drug-likeness (QED) is 0.724. The molecule has 0 atom stereocenters. The zero-order valence-corrected chi connectivity index (χ0v) is 17.1. The van der Waals surface area contributed by atoms with E-state index in [2.05, 4.69) is 5.32 Å². The molecule has 0 unspecified atom stereocenters. The number of carbonyl (C=O) groups excluding carboxylic acids is 2. The van der Waals surface area contributed by atoms with Gasteiger partial charge in [0, 0.05) is 38.2 Å². The van der Waals surface area contributed by atoms with Crippen LogP contribution < -0.4 is 5.32 Å². The molecule has 2 aliphatic rings. The molecular formula is C20H26ClF3N2O3. The van der Waals surface area contributed by atoms with Crippen molar-refractivity contribution < 1.29 is 27.5 Å². The van der Waals surface area contributed by atoms with Crippen molar-refractivity contribution in [1.29, 1.82) is 0 Å². The lowest BCUT2D eigenvalue weighted by Crippen LogP contribution is -2.53. The Hall–Kier alpha value is -1.64. The number of likely N-dealkylation sites (tertiary alicyclic amines) is 1. The van der Waals surface area contributed by atoms with Crippen molar-refractivity contribution in [3.63, 3.8) is 0 Å². The zero-order chi connectivity index (χ0) is 20.3. The highest BCUT2D eigenvalue weighted by Crippen LogP contribution is 2.34. The Bertz CT molecular complexity index is 720. The smallest absolute Gasteiger partial charge is 0.231 e.